The molecule has 0 saturated heterocycles. The zero-order valence-electron chi connectivity index (χ0n) is 12.5. The normalized spacial score (nSPS) is 18.6. The van der Waals surface area contributed by atoms with Gasteiger partial charge in [0, 0.05) is 12.6 Å². The molecule has 0 saturated carbocycles. The molecular weight excluding hydrogens is 250 g/mol. The fourth-order valence-corrected chi connectivity index (χ4v) is 3.09. The molecule has 20 heavy (non-hydrogen) atoms. The Morgan fingerprint density at radius 2 is 1.95 bits per heavy atom. The highest BCUT2D eigenvalue weighted by molar-refractivity contribution is 5.74. The highest BCUT2D eigenvalue weighted by atomic mass is 16.4. The number of carboxylic acids is 1. The van der Waals surface area contributed by atoms with Gasteiger partial charge in [0.1, 0.15) is 0 Å². The molecule has 3 nitrogen and oxygen atoms in total. The standard InChI is InChI=1S/C17H25NO2/c1-3-17(4-2,16(19)20)12-18-15-10-9-13-7-5-6-8-14(13)11-15/h5-8,15,18H,3-4,9-12H2,1-2H3,(H,19,20). The Hall–Kier alpha value is -1.35. The summed E-state index contributed by atoms with van der Waals surface area (Å²) in [6.07, 6.45) is 4.55. The number of nitrogens with one attached hydrogen (secondary N) is 1. The van der Waals surface area contributed by atoms with Gasteiger partial charge in [0.2, 0.25) is 0 Å². The maximum Gasteiger partial charge on any atom is 0.310 e. The monoisotopic (exact) mass is 275 g/mol. The smallest absolute Gasteiger partial charge is 0.310 e. The van der Waals surface area contributed by atoms with Crippen LogP contribution in [0.2, 0.25) is 0 Å². The maximum atomic E-state index is 11.5. The van der Waals surface area contributed by atoms with Gasteiger partial charge in [-0.15, -0.1) is 0 Å². The number of carboxylic acid groups (broad SMARTS) is 1. The largest absolute Gasteiger partial charge is 0.481 e. The van der Waals surface area contributed by atoms with E-state index in [2.05, 4.69) is 29.6 Å². The maximum absolute atomic E-state index is 11.5. The number of hydrogen-bond donors (Lipinski definition) is 2. The van der Waals surface area contributed by atoms with Gasteiger partial charge < -0.3 is 10.4 Å². The summed E-state index contributed by atoms with van der Waals surface area (Å²) in [6.45, 7) is 4.51. The third-order valence-electron chi connectivity index (χ3n) is 4.88. The number of hydrogen-bond acceptors (Lipinski definition) is 2. The zero-order valence-corrected chi connectivity index (χ0v) is 12.5. The van der Waals surface area contributed by atoms with Crippen molar-refractivity contribution in [3.8, 4) is 0 Å². The van der Waals surface area contributed by atoms with E-state index in [0.717, 1.165) is 19.3 Å². The summed E-state index contributed by atoms with van der Waals surface area (Å²) in [5.74, 6) is -0.675. The van der Waals surface area contributed by atoms with Gasteiger partial charge in [-0.3, -0.25) is 4.79 Å². The molecule has 3 heteroatoms. The molecule has 1 aliphatic carbocycles. The van der Waals surface area contributed by atoms with Crippen LogP contribution in [0.3, 0.4) is 0 Å². The first-order chi connectivity index (χ1) is 9.61. The molecule has 0 heterocycles. The van der Waals surface area contributed by atoms with Crippen LogP contribution in [0.5, 0.6) is 0 Å². The second kappa shape index (κ2) is 6.40. The van der Waals surface area contributed by atoms with Crippen molar-refractivity contribution < 1.29 is 9.90 Å². The molecule has 1 unspecified atom stereocenters. The van der Waals surface area contributed by atoms with E-state index in [1.54, 1.807) is 0 Å². The summed E-state index contributed by atoms with van der Waals surface area (Å²) in [5.41, 5.74) is 2.24. The molecule has 0 amide bonds. The molecule has 1 atom stereocenters. The minimum Gasteiger partial charge on any atom is -0.481 e. The first-order valence-electron chi connectivity index (χ1n) is 7.65. The summed E-state index contributed by atoms with van der Waals surface area (Å²) in [7, 11) is 0. The van der Waals surface area contributed by atoms with Crippen molar-refractivity contribution in [2.75, 3.05) is 6.54 Å². The van der Waals surface area contributed by atoms with Crippen LogP contribution in [0.15, 0.2) is 24.3 Å². The second-order valence-electron chi connectivity index (χ2n) is 5.88. The molecule has 2 N–H and O–H groups in total. The Bertz CT molecular complexity index is 466. The highest BCUT2D eigenvalue weighted by Gasteiger charge is 2.35. The van der Waals surface area contributed by atoms with E-state index in [0.29, 0.717) is 25.4 Å². The quantitative estimate of drug-likeness (QED) is 0.839. The summed E-state index contributed by atoms with van der Waals surface area (Å²) >= 11 is 0. The van der Waals surface area contributed by atoms with Crippen LogP contribution < -0.4 is 5.32 Å². The third-order valence-corrected chi connectivity index (χ3v) is 4.88. The lowest BCUT2D eigenvalue weighted by Gasteiger charge is -2.32. The first-order valence-corrected chi connectivity index (χ1v) is 7.65. The number of carbonyl (C=O) groups is 1. The zero-order chi connectivity index (χ0) is 14.6. The molecule has 2 rings (SSSR count). The molecule has 0 spiro atoms. The van der Waals surface area contributed by atoms with Gasteiger partial charge >= 0.3 is 5.97 Å². The highest BCUT2D eigenvalue weighted by Crippen LogP contribution is 2.27. The van der Waals surface area contributed by atoms with Gasteiger partial charge in [-0.25, -0.2) is 0 Å². The topological polar surface area (TPSA) is 49.3 Å². The lowest BCUT2D eigenvalue weighted by Crippen LogP contribution is -2.45. The molecule has 0 aromatic heterocycles. The van der Waals surface area contributed by atoms with E-state index in [1.807, 2.05) is 13.8 Å². The fourth-order valence-electron chi connectivity index (χ4n) is 3.09. The summed E-state index contributed by atoms with van der Waals surface area (Å²) < 4.78 is 0. The minimum atomic E-state index is -0.675. The van der Waals surface area contributed by atoms with Crippen molar-refractivity contribution in [1.82, 2.24) is 5.32 Å². The van der Waals surface area contributed by atoms with Crippen LogP contribution in [-0.4, -0.2) is 23.7 Å². The van der Waals surface area contributed by atoms with E-state index >= 15 is 0 Å². The van der Waals surface area contributed by atoms with Crippen molar-refractivity contribution >= 4 is 5.97 Å². The fraction of sp³-hybridized carbons (Fsp3) is 0.588. The molecular formula is C17H25NO2. The molecule has 0 fully saturated rings. The van der Waals surface area contributed by atoms with Crippen LogP contribution in [0.1, 0.15) is 44.2 Å². The summed E-state index contributed by atoms with van der Waals surface area (Å²) in [5, 5.41) is 13.0. The first kappa shape index (κ1) is 15.0. The van der Waals surface area contributed by atoms with Crippen molar-refractivity contribution in [2.45, 2.75) is 52.0 Å². The Kier molecular flexibility index (Phi) is 4.81. The van der Waals surface area contributed by atoms with Crippen molar-refractivity contribution in [3.05, 3.63) is 35.4 Å². The number of fused-ring (bicyclic) bond motifs is 1. The van der Waals surface area contributed by atoms with E-state index in [1.165, 1.54) is 11.1 Å². The predicted molar refractivity (Wildman–Crippen MR) is 80.9 cm³/mol. The Morgan fingerprint density at radius 3 is 2.55 bits per heavy atom. The second-order valence-corrected chi connectivity index (χ2v) is 5.88. The minimum absolute atomic E-state index is 0.404. The third kappa shape index (κ3) is 3.04. The summed E-state index contributed by atoms with van der Waals surface area (Å²) in [6, 6.07) is 8.97. The lowest BCUT2D eigenvalue weighted by molar-refractivity contribution is -0.149. The molecule has 1 aromatic rings. The van der Waals surface area contributed by atoms with Gasteiger partial charge in [-0.05, 0) is 43.2 Å². The van der Waals surface area contributed by atoms with Crippen molar-refractivity contribution in [3.63, 3.8) is 0 Å². The number of rotatable bonds is 6. The van der Waals surface area contributed by atoms with Crippen molar-refractivity contribution in [2.24, 2.45) is 5.41 Å². The predicted octanol–water partition coefficient (Wildman–Crippen LogP) is 3.02. The van der Waals surface area contributed by atoms with Crippen LogP contribution in [0.4, 0.5) is 0 Å². The van der Waals surface area contributed by atoms with Crippen molar-refractivity contribution in [1.29, 1.82) is 0 Å². The van der Waals surface area contributed by atoms with E-state index in [-0.39, 0.29) is 0 Å². The molecule has 0 bridgehead atoms. The molecule has 0 aliphatic heterocycles. The van der Waals surface area contributed by atoms with Crippen LogP contribution in [0, 0.1) is 5.41 Å². The van der Waals surface area contributed by atoms with Gasteiger partial charge in [0.05, 0.1) is 5.41 Å². The van der Waals surface area contributed by atoms with Crippen LogP contribution in [0.25, 0.3) is 0 Å². The van der Waals surface area contributed by atoms with Gasteiger partial charge in [0.25, 0.3) is 0 Å². The molecule has 0 radical (unpaired) electrons. The average molecular weight is 275 g/mol. The average Bonchev–Trinajstić information content (AvgIpc) is 2.48. The molecule has 110 valence electrons. The van der Waals surface area contributed by atoms with E-state index in [9.17, 15) is 9.90 Å². The lowest BCUT2D eigenvalue weighted by atomic mass is 9.81. The molecule has 1 aliphatic rings. The van der Waals surface area contributed by atoms with Gasteiger partial charge in [-0.2, -0.15) is 0 Å². The molecule has 1 aromatic carbocycles. The van der Waals surface area contributed by atoms with Crippen LogP contribution >= 0.6 is 0 Å². The number of aryl methyl sites for hydroxylation is 1. The Labute approximate surface area is 121 Å². The Morgan fingerprint density at radius 1 is 1.30 bits per heavy atom. The Balaban J connectivity index is 1.97. The van der Waals surface area contributed by atoms with Crippen LogP contribution in [-0.2, 0) is 17.6 Å². The van der Waals surface area contributed by atoms with E-state index in [4.69, 9.17) is 0 Å². The number of benzene rings is 1. The number of aliphatic carboxylic acids is 1. The van der Waals surface area contributed by atoms with Gasteiger partial charge in [-0.1, -0.05) is 38.1 Å². The SMILES string of the molecule is CCC(CC)(CNC1CCc2ccccc2C1)C(=O)O. The summed E-state index contributed by atoms with van der Waals surface area (Å²) in [4.78, 5) is 11.5. The van der Waals surface area contributed by atoms with E-state index < -0.39 is 11.4 Å². The van der Waals surface area contributed by atoms with Gasteiger partial charge in [0.15, 0.2) is 0 Å².